The quantitative estimate of drug-likeness (QED) is 0.770. The number of carbonyl (C=O) groups is 1. The summed E-state index contributed by atoms with van der Waals surface area (Å²) in [5.74, 6) is -1.21. The summed E-state index contributed by atoms with van der Waals surface area (Å²) in [7, 11) is 0. The number of pyridine rings is 1. The molecule has 3 N–H and O–H groups in total. The number of carbonyl (C=O) groups excluding carboxylic acids is 1. The molecule has 1 spiro atoms. The highest BCUT2D eigenvalue weighted by molar-refractivity contribution is 8.15. The van der Waals surface area contributed by atoms with E-state index in [2.05, 4.69) is 15.3 Å². The van der Waals surface area contributed by atoms with E-state index >= 15 is 0 Å². The highest BCUT2D eigenvalue weighted by atomic mass is 32.2. The number of halogens is 2. The van der Waals surface area contributed by atoms with Crippen LogP contribution in [0.25, 0.3) is 0 Å². The van der Waals surface area contributed by atoms with Crippen molar-refractivity contribution in [1.82, 2.24) is 4.98 Å². The Kier molecular flexibility index (Phi) is 5.50. The van der Waals surface area contributed by atoms with Gasteiger partial charge in [-0.05, 0) is 56.5 Å². The van der Waals surface area contributed by atoms with E-state index in [4.69, 9.17) is 10.5 Å². The zero-order valence-electron chi connectivity index (χ0n) is 16.5. The molecule has 2 aliphatic rings. The van der Waals surface area contributed by atoms with Gasteiger partial charge in [-0.2, -0.15) is 0 Å². The zero-order valence-corrected chi connectivity index (χ0v) is 17.3. The molecule has 0 bridgehead atoms. The molecule has 0 aliphatic carbocycles. The van der Waals surface area contributed by atoms with Crippen LogP contribution in [0.2, 0.25) is 0 Å². The van der Waals surface area contributed by atoms with Gasteiger partial charge in [-0.1, -0.05) is 11.8 Å². The molecule has 30 heavy (non-hydrogen) atoms. The average Bonchev–Trinajstić information content (AvgIpc) is 2.69. The molecular formula is C21H22F2N4O2S. The highest BCUT2D eigenvalue weighted by Gasteiger charge is 2.46. The molecule has 0 saturated carbocycles. The van der Waals surface area contributed by atoms with Gasteiger partial charge < -0.3 is 15.8 Å². The number of aliphatic imine (C=N–C) groups is 1. The molecule has 4 rings (SSSR count). The monoisotopic (exact) mass is 432 g/mol. The van der Waals surface area contributed by atoms with Crippen LogP contribution in [-0.4, -0.2) is 34.0 Å². The Morgan fingerprint density at radius 2 is 2.00 bits per heavy atom. The topological polar surface area (TPSA) is 89.6 Å². The number of nitrogens with two attached hydrogens (primary N) is 1. The maximum Gasteiger partial charge on any atom is 0.256 e. The SMILES string of the molecule is CC1(c2cc(C(=O)Nc3ccc(F)cn3)ccc2F)CC2(CCOCC2)SC(N)=N1. The summed E-state index contributed by atoms with van der Waals surface area (Å²) >= 11 is 1.53. The van der Waals surface area contributed by atoms with E-state index in [0.29, 0.717) is 30.4 Å². The number of hydrogen-bond donors (Lipinski definition) is 2. The molecule has 1 atom stereocenters. The van der Waals surface area contributed by atoms with Crippen LogP contribution < -0.4 is 11.1 Å². The molecule has 3 heterocycles. The molecule has 2 aliphatic heterocycles. The molecule has 158 valence electrons. The average molecular weight is 432 g/mol. The summed E-state index contributed by atoms with van der Waals surface area (Å²) in [5, 5.41) is 3.01. The number of benzene rings is 1. The predicted octanol–water partition coefficient (Wildman–Crippen LogP) is 3.83. The molecule has 1 aromatic carbocycles. The molecular weight excluding hydrogens is 410 g/mol. The first kappa shape index (κ1) is 20.7. The Balaban J connectivity index is 1.64. The molecule has 1 fully saturated rings. The molecule has 2 aromatic rings. The van der Waals surface area contributed by atoms with E-state index in [1.165, 1.54) is 42.1 Å². The minimum atomic E-state index is -0.902. The smallest absolute Gasteiger partial charge is 0.256 e. The van der Waals surface area contributed by atoms with Crippen molar-refractivity contribution in [3.63, 3.8) is 0 Å². The fourth-order valence-corrected chi connectivity index (χ4v) is 5.50. The second-order valence-corrected chi connectivity index (χ2v) is 9.30. The van der Waals surface area contributed by atoms with Gasteiger partial charge in [0.15, 0.2) is 5.17 Å². The summed E-state index contributed by atoms with van der Waals surface area (Å²) in [5.41, 5.74) is 5.82. The van der Waals surface area contributed by atoms with Crippen LogP contribution in [0, 0.1) is 11.6 Å². The van der Waals surface area contributed by atoms with Gasteiger partial charge in [0.2, 0.25) is 0 Å². The number of rotatable bonds is 3. The van der Waals surface area contributed by atoms with Gasteiger partial charge in [0.25, 0.3) is 5.91 Å². The number of nitrogens with zero attached hydrogens (tertiary/aromatic N) is 2. The number of hydrogen-bond acceptors (Lipinski definition) is 6. The van der Waals surface area contributed by atoms with Crippen molar-refractivity contribution in [2.45, 2.75) is 36.5 Å². The second kappa shape index (κ2) is 7.96. The molecule has 1 amide bonds. The molecule has 1 aromatic heterocycles. The molecule has 0 radical (unpaired) electrons. The Morgan fingerprint density at radius 3 is 2.70 bits per heavy atom. The summed E-state index contributed by atoms with van der Waals surface area (Å²) in [6, 6.07) is 6.73. The third-order valence-corrected chi connectivity index (χ3v) is 6.81. The Hall–Kier alpha value is -2.52. The van der Waals surface area contributed by atoms with Crippen molar-refractivity contribution in [2.24, 2.45) is 10.7 Å². The fourth-order valence-electron chi connectivity index (χ4n) is 4.09. The van der Waals surface area contributed by atoms with E-state index in [1.54, 1.807) is 0 Å². The van der Waals surface area contributed by atoms with Gasteiger partial charge in [-0.25, -0.2) is 13.8 Å². The van der Waals surface area contributed by atoms with E-state index < -0.39 is 23.1 Å². The maximum atomic E-state index is 14.9. The van der Waals surface area contributed by atoms with Crippen LogP contribution in [0.3, 0.4) is 0 Å². The van der Waals surface area contributed by atoms with Crippen molar-refractivity contribution < 1.29 is 18.3 Å². The minimum Gasteiger partial charge on any atom is -0.381 e. The van der Waals surface area contributed by atoms with Crippen LogP contribution >= 0.6 is 11.8 Å². The minimum absolute atomic E-state index is 0.165. The third kappa shape index (κ3) is 4.17. The largest absolute Gasteiger partial charge is 0.381 e. The summed E-state index contributed by atoms with van der Waals surface area (Å²) < 4.78 is 33.2. The molecule has 9 heteroatoms. The van der Waals surface area contributed by atoms with Crippen molar-refractivity contribution in [1.29, 1.82) is 0 Å². The van der Waals surface area contributed by atoms with Crippen molar-refractivity contribution in [3.05, 3.63) is 59.3 Å². The number of ether oxygens (including phenoxy) is 1. The van der Waals surface area contributed by atoms with E-state index in [0.717, 1.165) is 19.0 Å². The number of amidine groups is 1. The number of amides is 1. The van der Waals surface area contributed by atoms with E-state index in [9.17, 15) is 13.6 Å². The van der Waals surface area contributed by atoms with Crippen LogP contribution in [0.5, 0.6) is 0 Å². The van der Waals surface area contributed by atoms with Gasteiger partial charge >= 0.3 is 0 Å². The summed E-state index contributed by atoms with van der Waals surface area (Å²) in [4.78, 5) is 21.1. The van der Waals surface area contributed by atoms with Gasteiger partial charge in [-0.3, -0.25) is 9.79 Å². The highest BCUT2D eigenvalue weighted by Crippen LogP contribution is 2.50. The molecule has 1 saturated heterocycles. The van der Waals surface area contributed by atoms with Crippen molar-refractivity contribution in [3.8, 4) is 0 Å². The fraction of sp³-hybridized carbons (Fsp3) is 0.381. The number of nitrogens with one attached hydrogen (secondary N) is 1. The van der Waals surface area contributed by atoms with Gasteiger partial charge in [0, 0.05) is 29.1 Å². The predicted molar refractivity (Wildman–Crippen MR) is 113 cm³/mol. The lowest BCUT2D eigenvalue weighted by atomic mass is 9.79. The molecule has 6 nitrogen and oxygen atoms in total. The first-order chi connectivity index (χ1) is 14.3. The van der Waals surface area contributed by atoms with E-state index in [1.807, 2.05) is 6.92 Å². The van der Waals surface area contributed by atoms with Gasteiger partial charge in [0.05, 0.1) is 11.7 Å². The zero-order chi connectivity index (χ0) is 21.4. The lowest BCUT2D eigenvalue weighted by molar-refractivity contribution is 0.0690. The lowest BCUT2D eigenvalue weighted by Gasteiger charge is -2.45. The van der Waals surface area contributed by atoms with Crippen molar-refractivity contribution >= 4 is 28.7 Å². The van der Waals surface area contributed by atoms with Crippen LogP contribution in [-0.2, 0) is 10.3 Å². The lowest BCUT2D eigenvalue weighted by Crippen LogP contribution is -2.45. The molecule has 1 unspecified atom stereocenters. The number of thioether (sulfide) groups is 1. The Bertz CT molecular complexity index is 993. The normalized spacial score (nSPS) is 23.1. The maximum absolute atomic E-state index is 14.9. The number of anilines is 1. The van der Waals surface area contributed by atoms with Crippen LogP contribution in [0.1, 0.15) is 42.1 Å². The summed E-state index contributed by atoms with van der Waals surface area (Å²) in [6.07, 6.45) is 3.22. The number of aromatic nitrogens is 1. The van der Waals surface area contributed by atoms with Crippen LogP contribution in [0.15, 0.2) is 41.5 Å². The standard InChI is InChI=1S/C21H22F2N4O2S/c1-20(12-21(30-19(24)27-20)6-8-29-9-7-21)15-10-13(2-4-16(15)23)18(28)26-17-5-3-14(22)11-25-17/h2-5,10-11H,6-9,12H2,1H3,(H2,24,27)(H,25,26,28). The first-order valence-corrected chi connectivity index (χ1v) is 10.5. The van der Waals surface area contributed by atoms with Gasteiger partial charge in [-0.15, -0.1) is 0 Å². The van der Waals surface area contributed by atoms with Crippen LogP contribution in [0.4, 0.5) is 14.6 Å². The Labute approximate surface area is 177 Å². The first-order valence-electron chi connectivity index (χ1n) is 9.64. The van der Waals surface area contributed by atoms with Gasteiger partial charge in [0.1, 0.15) is 17.5 Å². The third-order valence-electron chi connectivity index (χ3n) is 5.53. The van der Waals surface area contributed by atoms with Crippen molar-refractivity contribution in [2.75, 3.05) is 18.5 Å². The second-order valence-electron chi connectivity index (χ2n) is 7.81. The summed E-state index contributed by atoms with van der Waals surface area (Å²) in [6.45, 7) is 3.11. The Morgan fingerprint density at radius 1 is 1.23 bits per heavy atom. The van der Waals surface area contributed by atoms with E-state index in [-0.39, 0.29) is 16.1 Å².